The van der Waals surface area contributed by atoms with Crippen LogP contribution in [-0.2, 0) is 0 Å². The SMILES string of the molecule is CCCC[C@@H](c1ccc(Cl)c(OC)c1)N1CCNCC1. The molecule has 0 aromatic heterocycles. The molecule has 1 aromatic rings. The molecule has 0 bridgehead atoms. The van der Waals surface area contributed by atoms with Gasteiger partial charge in [-0.25, -0.2) is 0 Å². The first-order valence-corrected chi connectivity index (χ1v) is 7.92. The number of piperazine rings is 1. The summed E-state index contributed by atoms with van der Waals surface area (Å²) < 4.78 is 5.36. The van der Waals surface area contributed by atoms with Crippen LogP contribution in [0.25, 0.3) is 0 Å². The second-order valence-electron chi connectivity index (χ2n) is 5.34. The Kier molecular flexibility index (Phi) is 6.14. The fourth-order valence-electron chi connectivity index (χ4n) is 2.83. The number of ether oxygens (including phenoxy) is 1. The van der Waals surface area contributed by atoms with Gasteiger partial charge in [-0.3, -0.25) is 4.90 Å². The molecule has 1 aliphatic rings. The molecule has 4 heteroatoms. The van der Waals surface area contributed by atoms with Gasteiger partial charge in [0, 0.05) is 32.2 Å². The number of halogens is 1. The number of nitrogens with one attached hydrogen (secondary N) is 1. The predicted octanol–water partition coefficient (Wildman–Crippen LogP) is 3.49. The highest BCUT2D eigenvalue weighted by molar-refractivity contribution is 6.32. The van der Waals surface area contributed by atoms with Crippen LogP contribution in [0, 0.1) is 0 Å². The number of hydrogen-bond donors (Lipinski definition) is 1. The summed E-state index contributed by atoms with van der Waals surface area (Å²) in [5.41, 5.74) is 1.32. The average Bonchev–Trinajstić information content (AvgIpc) is 2.50. The summed E-state index contributed by atoms with van der Waals surface area (Å²) in [5.74, 6) is 0.779. The van der Waals surface area contributed by atoms with Crippen LogP contribution in [0.2, 0.25) is 5.02 Å². The van der Waals surface area contributed by atoms with Gasteiger partial charge in [-0.1, -0.05) is 37.4 Å². The van der Waals surface area contributed by atoms with Crippen LogP contribution in [0.3, 0.4) is 0 Å². The molecule has 2 rings (SSSR count). The number of benzene rings is 1. The second kappa shape index (κ2) is 7.87. The quantitative estimate of drug-likeness (QED) is 0.870. The van der Waals surface area contributed by atoms with Crippen LogP contribution < -0.4 is 10.1 Å². The van der Waals surface area contributed by atoms with E-state index < -0.39 is 0 Å². The molecule has 0 saturated carbocycles. The van der Waals surface area contributed by atoms with Gasteiger partial charge in [0.05, 0.1) is 12.1 Å². The fourth-order valence-corrected chi connectivity index (χ4v) is 3.03. The summed E-state index contributed by atoms with van der Waals surface area (Å²) in [5, 5.41) is 4.11. The van der Waals surface area contributed by atoms with Gasteiger partial charge >= 0.3 is 0 Å². The minimum atomic E-state index is 0.475. The Labute approximate surface area is 127 Å². The highest BCUT2D eigenvalue weighted by Crippen LogP contribution is 2.32. The lowest BCUT2D eigenvalue weighted by Crippen LogP contribution is -2.45. The van der Waals surface area contributed by atoms with E-state index in [4.69, 9.17) is 16.3 Å². The molecular weight excluding hydrogens is 272 g/mol. The smallest absolute Gasteiger partial charge is 0.137 e. The Hall–Kier alpha value is -0.770. The van der Waals surface area contributed by atoms with Crippen LogP contribution in [-0.4, -0.2) is 38.2 Å². The first-order chi connectivity index (χ1) is 9.76. The van der Waals surface area contributed by atoms with Crippen molar-refractivity contribution in [2.45, 2.75) is 32.2 Å². The zero-order valence-electron chi connectivity index (χ0n) is 12.5. The van der Waals surface area contributed by atoms with E-state index in [1.165, 1.54) is 24.8 Å². The number of nitrogens with zero attached hydrogens (tertiary/aromatic N) is 1. The predicted molar refractivity (Wildman–Crippen MR) is 84.7 cm³/mol. The molecule has 1 saturated heterocycles. The van der Waals surface area contributed by atoms with E-state index in [-0.39, 0.29) is 0 Å². The van der Waals surface area contributed by atoms with Gasteiger partial charge in [-0.15, -0.1) is 0 Å². The van der Waals surface area contributed by atoms with Crippen molar-refractivity contribution in [2.75, 3.05) is 33.3 Å². The molecular formula is C16H25ClN2O. The third kappa shape index (κ3) is 3.87. The van der Waals surface area contributed by atoms with E-state index in [2.05, 4.69) is 29.3 Å². The topological polar surface area (TPSA) is 24.5 Å². The maximum absolute atomic E-state index is 6.14. The molecule has 3 nitrogen and oxygen atoms in total. The summed E-state index contributed by atoms with van der Waals surface area (Å²) in [4.78, 5) is 2.58. The third-order valence-corrected chi connectivity index (χ3v) is 4.30. The Morgan fingerprint density at radius 1 is 1.35 bits per heavy atom. The van der Waals surface area contributed by atoms with Crippen LogP contribution in [0.5, 0.6) is 5.75 Å². The number of unbranched alkanes of at least 4 members (excludes halogenated alkanes) is 1. The van der Waals surface area contributed by atoms with Gasteiger partial charge in [0.15, 0.2) is 0 Å². The first kappa shape index (κ1) is 15.6. The van der Waals surface area contributed by atoms with Crippen LogP contribution in [0.4, 0.5) is 0 Å². The molecule has 0 aliphatic carbocycles. The largest absolute Gasteiger partial charge is 0.495 e. The maximum atomic E-state index is 6.14. The lowest BCUT2D eigenvalue weighted by atomic mass is 9.98. The Morgan fingerprint density at radius 2 is 2.10 bits per heavy atom. The maximum Gasteiger partial charge on any atom is 0.137 e. The van der Waals surface area contributed by atoms with Gasteiger partial charge in [0.25, 0.3) is 0 Å². The monoisotopic (exact) mass is 296 g/mol. The van der Waals surface area contributed by atoms with Crippen molar-refractivity contribution >= 4 is 11.6 Å². The minimum absolute atomic E-state index is 0.475. The van der Waals surface area contributed by atoms with E-state index in [9.17, 15) is 0 Å². The van der Waals surface area contributed by atoms with Crippen molar-refractivity contribution in [3.63, 3.8) is 0 Å². The number of methoxy groups -OCH3 is 1. The molecule has 1 N–H and O–H groups in total. The zero-order chi connectivity index (χ0) is 14.4. The van der Waals surface area contributed by atoms with Crippen molar-refractivity contribution in [2.24, 2.45) is 0 Å². The molecule has 1 heterocycles. The molecule has 1 aliphatic heterocycles. The van der Waals surface area contributed by atoms with Crippen molar-refractivity contribution in [1.82, 2.24) is 10.2 Å². The molecule has 112 valence electrons. The van der Waals surface area contributed by atoms with Crippen LogP contribution in [0.1, 0.15) is 37.8 Å². The van der Waals surface area contributed by atoms with Crippen molar-refractivity contribution in [3.8, 4) is 5.75 Å². The van der Waals surface area contributed by atoms with E-state index in [0.29, 0.717) is 11.1 Å². The van der Waals surface area contributed by atoms with Gasteiger partial charge in [0.1, 0.15) is 5.75 Å². The number of rotatable bonds is 6. The third-order valence-electron chi connectivity index (χ3n) is 3.98. The summed E-state index contributed by atoms with van der Waals surface area (Å²) >= 11 is 6.14. The van der Waals surface area contributed by atoms with Gasteiger partial charge in [-0.05, 0) is 24.1 Å². The highest BCUT2D eigenvalue weighted by Gasteiger charge is 2.22. The molecule has 1 aromatic carbocycles. The molecule has 1 fully saturated rings. The van der Waals surface area contributed by atoms with E-state index in [1.807, 2.05) is 6.07 Å². The van der Waals surface area contributed by atoms with E-state index in [0.717, 1.165) is 31.9 Å². The molecule has 20 heavy (non-hydrogen) atoms. The zero-order valence-corrected chi connectivity index (χ0v) is 13.2. The Bertz CT molecular complexity index is 419. The van der Waals surface area contributed by atoms with Gasteiger partial charge < -0.3 is 10.1 Å². The second-order valence-corrected chi connectivity index (χ2v) is 5.75. The van der Waals surface area contributed by atoms with Crippen molar-refractivity contribution in [3.05, 3.63) is 28.8 Å². The summed E-state index contributed by atoms with van der Waals surface area (Å²) in [6.45, 7) is 6.62. The average molecular weight is 297 g/mol. The van der Waals surface area contributed by atoms with E-state index >= 15 is 0 Å². The van der Waals surface area contributed by atoms with Crippen molar-refractivity contribution in [1.29, 1.82) is 0 Å². The molecule has 0 amide bonds. The van der Waals surface area contributed by atoms with Crippen LogP contribution >= 0.6 is 11.6 Å². The first-order valence-electron chi connectivity index (χ1n) is 7.54. The highest BCUT2D eigenvalue weighted by atomic mass is 35.5. The fraction of sp³-hybridized carbons (Fsp3) is 0.625. The van der Waals surface area contributed by atoms with Gasteiger partial charge in [0.2, 0.25) is 0 Å². The lowest BCUT2D eigenvalue weighted by molar-refractivity contribution is 0.163. The summed E-state index contributed by atoms with van der Waals surface area (Å²) in [6, 6.07) is 6.68. The standard InChI is InChI=1S/C16H25ClN2O/c1-3-4-5-15(19-10-8-18-9-11-19)13-6-7-14(17)16(12-13)20-2/h6-7,12,15,18H,3-5,8-11H2,1-2H3/t15-/m0/s1. The lowest BCUT2D eigenvalue weighted by Gasteiger charge is -2.35. The molecule has 0 spiro atoms. The Balaban J connectivity index is 2.20. The van der Waals surface area contributed by atoms with Crippen molar-refractivity contribution < 1.29 is 4.74 Å². The van der Waals surface area contributed by atoms with E-state index in [1.54, 1.807) is 7.11 Å². The Morgan fingerprint density at radius 3 is 2.75 bits per heavy atom. The molecule has 1 atom stereocenters. The molecule has 0 radical (unpaired) electrons. The summed E-state index contributed by atoms with van der Waals surface area (Å²) in [7, 11) is 1.68. The van der Waals surface area contributed by atoms with Gasteiger partial charge in [-0.2, -0.15) is 0 Å². The minimum Gasteiger partial charge on any atom is -0.495 e. The normalized spacial score (nSPS) is 17.9. The van der Waals surface area contributed by atoms with Crippen LogP contribution in [0.15, 0.2) is 18.2 Å². The number of hydrogen-bond acceptors (Lipinski definition) is 3. The molecule has 0 unspecified atom stereocenters. The summed E-state index contributed by atoms with van der Waals surface area (Å²) in [6.07, 6.45) is 3.67.